The van der Waals surface area contributed by atoms with Crippen molar-refractivity contribution in [3.63, 3.8) is 0 Å². The summed E-state index contributed by atoms with van der Waals surface area (Å²) in [5, 5.41) is 12.3. The fourth-order valence-electron chi connectivity index (χ4n) is 5.79. The van der Waals surface area contributed by atoms with Crippen LogP contribution < -0.4 is 5.32 Å². The first-order valence-electron chi connectivity index (χ1n) is 12.3. The van der Waals surface area contributed by atoms with Gasteiger partial charge in [-0.05, 0) is 41.5 Å². The molecule has 35 heavy (non-hydrogen) atoms. The number of carbonyl (C=O) groups is 3. The van der Waals surface area contributed by atoms with Crippen LogP contribution in [0.1, 0.15) is 50.2 Å². The van der Waals surface area contributed by atoms with Gasteiger partial charge in [-0.15, -0.1) is 0 Å². The molecule has 1 unspecified atom stereocenters. The van der Waals surface area contributed by atoms with Gasteiger partial charge in [-0.1, -0.05) is 62.4 Å². The zero-order chi connectivity index (χ0) is 24.8. The van der Waals surface area contributed by atoms with Crippen molar-refractivity contribution in [3.8, 4) is 11.1 Å². The summed E-state index contributed by atoms with van der Waals surface area (Å²) in [6, 6.07) is 16.4. The standard InChI is InChI=1S/C28H32N2O5/c1-27(2,25(33)30-15-23(24(31)32)28(17-30)11-12-28)13-14-29-26(34)35-16-22-20-9-5-3-7-18(20)19-8-4-6-10-21(19)22/h3-10,22-23H,11-17H2,1-2H3,(H,29,34)(H,31,32). The van der Waals surface area contributed by atoms with E-state index < -0.39 is 23.4 Å². The van der Waals surface area contributed by atoms with Gasteiger partial charge < -0.3 is 20.1 Å². The van der Waals surface area contributed by atoms with E-state index in [2.05, 4.69) is 29.6 Å². The third kappa shape index (κ3) is 4.28. The van der Waals surface area contributed by atoms with Crippen molar-refractivity contribution in [2.45, 2.75) is 39.0 Å². The van der Waals surface area contributed by atoms with Crippen LogP contribution in [0.4, 0.5) is 4.79 Å². The van der Waals surface area contributed by atoms with Crippen LogP contribution in [0.2, 0.25) is 0 Å². The lowest BCUT2D eigenvalue weighted by Crippen LogP contribution is -2.42. The molecule has 0 radical (unpaired) electrons. The summed E-state index contributed by atoms with van der Waals surface area (Å²) >= 11 is 0. The summed E-state index contributed by atoms with van der Waals surface area (Å²) in [7, 11) is 0. The number of nitrogens with one attached hydrogen (secondary N) is 1. The number of carbonyl (C=O) groups excluding carboxylic acids is 2. The number of carboxylic acids is 1. The van der Waals surface area contributed by atoms with Gasteiger partial charge >= 0.3 is 12.1 Å². The Kier molecular flexibility index (Phi) is 5.82. The van der Waals surface area contributed by atoms with Crippen LogP contribution >= 0.6 is 0 Å². The maximum atomic E-state index is 13.1. The number of ether oxygens (including phenoxy) is 1. The van der Waals surface area contributed by atoms with E-state index in [0.29, 0.717) is 19.5 Å². The smallest absolute Gasteiger partial charge is 0.407 e. The molecule has 0 aromatic heterocycles. The predicted molar refractivity (Wildman–Crippen MR) is 131 cm³/mol. The molecule has 7 nitrogen and oxygen atoms in total. The van der Waals surface area contributed by atoms with E-state index >= 15 is 0 Å². The van der Waals surface area contributed by atoms with Gasteiger partial charge in [-0.25, -0.2) is 4.79 Å². The van der Waals surface area contributed by atoms with Gasteiger partial charge in [0.15, 0.2) is 0 Å². The Hall–Kier alpha value is -3.35. The van der Waals surface area contributed by atoms with Gasteiger partial charge in [0.1, 0.15) is 6.61 Å². The van der Waals surface area contributed by atoms with Gasteiger partial charge in [0, 0.05) is 36.4 Å². The highest BCUT2D eigenvalue weighted by Crippen LogP contribution is 2.56. The Labute approximate surface area is 205 Å². The monoisotopic (exact) mass is 476 g/mol. The fourth-order valence-corrected chi connectivity index (χ4v) is 5.79. The molecule has 2 aromatic rings. The first-order valence-corrected chi connectivity index (χ1v) is 12.3. The van der Waals surface area contributed by atoms with Crippen LogP contribution in [0.25, 0.3) is 11.1 Å². The number of hydrogen-bond acceptors (Lipinski definition) is 4. The summed E-state index contributed by atoms with van der Waals surface area (Å²) in [4.78, 5) is 38.9. The van der Waals surface area contributed by atoms with Crippen LogP contribution in [0.15, 0.2) is 48.5 Å². The number of amides is 2. The minimum atomic E-state index is -0.812. The van der Waals surface area contributed by atoms with Crippen LogP contribution in [0.5, 0.6) is 0 Å². The molecule has 3 aliphatic rings. The largest absolute Gasteiger partial charge is 0.481 e. The number of likely N-dealkylation sites (tertiary alicyclic amines) is 1. The van der Waals surface area contributed by atoms with E-state index in [0.717, 1.165) is 24.0 Å². The molecule has 5 rings (SSSR count). The topological polar surface area (TPSA) is 95.9 Å². The average Bonchev–Trinajstić information content (AvgIpc) is 3.39. The highest BCUT2D eigenvalue weighted by molar-refractivity contribution is 5.84. The van der Waals surface area contributed by atoms with E-state index in [4.69, 9.17) is 4.74 Å². The summed E-state index contributed by atoms with van der Waals surface area (Å²) in [6.45, 7) is 5.04. The zero-order valence-corrected chi connectivity index (χ0v) is 20.3. The lowest BCUT2D eigenvalue weighted by Gasteiger charge is -2.29. The number of carboxylic acid groups (broad SMARTS) is 1. The molecular weight excluding hydrogens is 444 g/mol. The number of nitrogens with zero attached hydrogens (tertiary/aromatic N) is 1. The third-order valence-corrected chi connectivity index (χ3v) is 8.07. The Bertz CT molecular complexity index is 1120. The quantitative estimate of drug-likeness (QED) is 0.622. The molecule has 2 aromatic carbocycles. The third-order valence-electron chi connectivity index (χ3n) is 8.07. The average molecular weight is 477 g/mol. The van der Waals surface area contributed by atoms with E-state index in [1.807, 2.05) is 38.1 Å². The lowest BCUT2D eigenvalue weighted by molar-refractivity contribution is -0.143. The van der Waals surface area contributed by atoms with E-state index in [1.54, 1.807) is 4.90 Å². The minimum absolute atomic E-state index is 0.00161. The van der Waals surface area contributed by atoms with E-state index in [-0.39, 0.29) is 30.4 Å². The number of aliphatic carboxylic acids is 1. The molecule has 2 amide bonds. The summed E-state index contributed by atoms with van der Waals surface area (Å²) in [5.41, 5.74) is 3.74. The van der Waals surface area contributed by atoms with Gasteiger partial charge in [0.25, 0.3) is 0 Å². The van der Waals surface area contributed by atoms with E-state index in [9.17, 15) is 19.5 Å². The van der Waals surface area contributed by atoms with Crippen molar-refractivity contribution in [2.75, 3.05) is 26.2 Å². The maximum absolute atomic E-state index is 13.1. The normalized spacial score (nSPS) is 19.8. The number of benzene rings is 2. The highest BCUT2D eigenvalue weighted by atomic mass is 16.5. The molecule has 0 bridgehead atoms. The van der Waals surface area contributed by atoms with Crippen molar-refractivity contribution >= 4 is 18.0 Å². The first kappa shape index (κ1) is 23.4. The summed E-state index contributed by atoms with van der Waals surface area (Å²) < 4.78 is 5.58. The fraction of sp³-hybridized carbons (Fsp3) is 0.464. The van der Waals surface area contributed by atoms with Crippen LogP contribution in [0, 0.1) is 16.7 Å². The first-order chi connectivity index (χ1) is 16.7. The second kappa shape index (κ2) is 8.70. The molecule has 1 spiro atoms. The van der Waals surface area contributed by atoms with Crippen molar-refractivity contribution in [1.82, 2.24) is 10.2 Å². The molecule has 1 saturated carbocycles. The number of fused-ring (bicyclic) bond motifs is 3. The van der Waals surface area contributed by atoms with Gasteiger partial charge in [0.2, 0.25) is 5.91 Å². The van der Waals surface area contributed by atoms with Gasteiger partial charge in [-0.2, -0.15) is 0 Å². The molecule has 1 atom stereocenters. The van der Waals surface area contributed by atoms with Crippen molar-refractivity contribution < 1.29 is 24.2 Å². The Morgan fingerprint density at radius 3 is 2.20 bits per heavy atom. The summed E-state index contributed by atoms with van der Waals surface area (Å²) in [5.74, 6) is -1.34. The Morgan fingerprint density at radius 2 is 1.66 bits per heavy atom. The lowest BCUT2D eigenvalue weighted by atomic mass is 9.87. The molecule has 7 heteroatoms. The minimum Gasteiger partial charge on any atom is -0.481 e. The van der Waals surface area contributed by atoms with Gasteiger partial charge in [-0.3, -0.25) is 9.59 Å². The number of rotatable bonds is 7. The highest BCUT2D eigenvalue weighted by Gasteiger charge is 2.59. The molecule has 1 aliphatic heterocycles. The molecule has 2 N–H and O–H groups in total. The second-order valence-electron chi connectivity index (χ2n) is 10.8. The SMILES string of the molecule is CC(C)(CCNC(=O)OCC1c2ccccc2-c2ccccc21)C(=O)N1CC(C(=O)O)C2(CC2)C1. The van der Waals surface area contributed by atoms with Crippen molar-refractivity contribution in [2.24, 2.45) is 16.7 Å². The Balaban J connectivity index is 1.13. The summed E-state index contributed by atoms with van der Waals surface area (Å²) in [6.07, 6.45) is 1.69. The van der Waals surface area contributed by atoms with E-state index in [1.165, 1.54) is 11.1 Å². The van der Waals surface area contributed by atoms with Crippen molar-refractivity contribution in [1.29, 1.82) is 0 Å². The predicted octanol–water partition coefficient (Wildman–Crippen LogP) is 4.26. The molecule has 1 heterocycles. The molecule has 2 fully saturated rings. The zero-order valence-electron chi connectivity index (χ0n) is 20.3. The van der Waals surface area contributed by atoms with Crippen LogP contribution in [-0.4, -0.2) is 54.2 Å². The van der Waals surface area contributed by atoms with Crippen LogP contribution in [-0.2, 0) is 14.3 Å². The van der Waals surface area contributed by atoms with Gasteiger partial charge in [0.05, 0.1) is 5.92 Å². The van der Waals surface area contributed by atoms with Crippen molar-refractivity contribution in [3.05, 3.63) is 59.7 Å². The second-order valence-corrected chi connectivity index (χ2v) is 10.8. The van der Waals surface area contributed by atoms with Crippen LogP contribution in [0.3, 0.4) is 0 Å². The maximum Gasteiger partial charge on any atom is 0.407 e. The molecule has 1 saturated heterocycles. The number of alkyl carbamates (subject to hydrolysis) is 1. The number of hydrogen-bond donors (Lipinski definition) is 2. The molecular formula is C28H32N2O5. The molecule has 184 valence electrons. The molecule has 2 aliphatic carbocycles. The Morgan fingerprint density at radius 1 is 1.06 bits per heavy atom.